The molecule has 0 aromatic carbocycles. The molecule has 0 saturated heterocycles. The van der Waals surface area contributed by atoms with Gasteiger partial charge in [-0.1, -0.05) is 12.8 Å². The van der Waals surface area contributed by atoms with E-state index in [1.165, 1.54) is 4.90 Å². The fourth-order valence-electron chi connectivity index (χ4n) is 2.66. The number of rotatable bonds is 7. The molecular formula is C14H26N2O4. The van der Waals surface area contributed by atoms with Gasteiger partial charge in [-0.25, -0.2) is 4.79 Å². The molecule has 6 nitrogen and oxygen atoms in total. The fourth-order valence-corrected chi connectivity index (χ4v) is 2.66. The van der Waals surface area contributed by atoms with E-state index in [0.717, 1.165) is 25.7 Å². The monoisotopic (exact) mass is 286 g/mol. The summed E-state index contributed by atoms with van der Waals surface area (Å²) in [4.78, 5) is 23.9. The first-order valence-corrected chi connectivity index (χ1v) is 7.28. The second-order valence-electron chi connectivity index (χ2n) is 5.92. The number of amides is 2. The van der Waals surface area contributed by atoms with E-state index in [4.69, 9.17) is 5.11 Å². The predicted molar refractivity (Wildman–Crippen MR) is 75.5 cm³/mol. The molecule has 1 aliphatic carbocycles. The third-order valence-corrected chi connectivity index (χ3v) is 3.81. The number of hydrogen-bond donors (Lipinski definition) is 3. The number of likely N-dealkylation sites (N-methyl/N-ethyl adjacent to an activating group) is 1. The minimum Gasteiger partial charge on any atom is -0.481 e. The van der Waals surface area contributed by atoms with Crippen molar-refractivity contribution in [3.63, 3.8) is 0 Å². The van der Waals surface area contributed by atoms with Crippen molar-refractivity contribution < 1.29 is 19.8 Å². The van der Waals surface area contributed by atoms with E-state index in [1.807, 2.05) is 6.92 Å². The number of carboxylic acids is 1. The van der Waals surface area contributed by atoms with Gasteiger partial charge in [0.1, 0.15) is 0 Å². The summed E-state index contributed by atoms with van der Waals surface area (Å²) in [6.45, 7) is 2.21. The van der Waals surface area contributed by atoms with Gasteiger partial charge < -0.3 is 20.4 Å². The van der Waals surface area contributed by atoms with Crippen LogP contribution in [-0.4, -0.2) is 52.3 Å². The number of urea groups is 1. The van der Waals surface area contributed by atoms with Crippen LogP contribution in [0.3, 0.4) is 0 Å². The minimum absolute atomic E-state index is 0.0671. The summed E-state index contributed by atoms with van der Waals surface area (Å²) in [6, 6.07) is -0.282. The first-order chi connectivity index (χ1) is 9.32. The maximum atomic E-state index is 12.0. The maximum Gasteiger partial charge on any atom is 0.317 e. The number of nitrogens with one attached hydrogen (secondary N) is 1. The molecule has 0 radical (unpaired) electrons. The van der Waals surface area contributed by atoms with Crippen molar-refractivity contribution in [3.8, 4) is 0 Å². The Balaban J connectivity index is 2.28. The van der Waals surface area contributed by atoms with Crippen molar-refractivity contribution in [1.29, 1.82) is 0 Å². The van der Waals surface area contributed by atoms with Crippen molar-refractivity contribution in [3.05, 3.63) is 0 Å². The highest BCUT2D eigenvalue weighted by Crippen LogP contribution is 2.29. The molecule has 3 N–H and O–H groups in total. The summed E-state index contributed by atoms with van der Waals surface area (Å²) in [6.07, 6.45) is 4.82. The smallest absolute Gasteiger partial charge is 0.317 e. The molecule has 1 aliphatic rings. The highest BCUT2D eigenvalue weighted by atomic mass is 16.4. The fraction of sp³-hybridized carbons (Fsp3) is 0.857. The summed E-state index contributed by atoms with van der Waals surface area (Å²) < 4.78 is 0. The van der Waals surface area contributed by atoms with Crippen LogP contribution < -0.4 is 5.32 Å². The van der Waals surface area contributed by atoms with Gasteiger partial charge in [0.2, 0.25) is 0 Å². The number of aliphatic hydroxyl groups is 1. The zero-order chi connectivity index (χ0) is 15.2. The summed E-state index contributed by atoms with van der Waals surface area (Å²) in [5.74, 6) is -0.816. The van der Waals surface area contributed by atoms with Crippen molar-refractivity contribution in [1.82, 2.24) is 10.2 Å². The van der Waals surface area contributed by atoms with E-state index in [-0.39, 0.29) is 18.5 Å². The standard InChI is InChI=1S/C14H26N2O4/c1-11(6-5-7-12(17)18)15-13(19)16(2)10-14(20)8-3-4-9-14/h11,20H,3-10H2,1-2H3,(H,15,19)(H,17,18). The van der Waals surface area contributed by atoms with Gasteiger partial charge in [-0.2, -0.15) is 0 Å². The lowest BCUT2D eigenvalue weighted by Crippen LogP contribution is -2.48. The Morgan fingerprint density at radius 2 is 1.95 bits per heavy atom. The van der Waals surface area contributed by atoms with Gasteiger partial charge in [-0.05, 0) is 32.6 Å². The number of hydrogen-bond acceptors (Lipinski definition) is 3. The molecule has 0 aliphatic heterocycles. The number of nitrogens with zero attached hydrogens (tertiary/aromatic N) is 1. The second kappa shape index (κ2) is 7.47. The Morgan fingerprint density at radius 3 is 2.50 bits per heavy atom. The lowest BCUT2D eigenvalue weighted by Gasteiger charge is -2.29. The molecule has 20 heavy (non-hydrogen) atoms. The third-order valence-electron chi connectivity index (χ3n) is 3.81. The van der Waals surface area contributed by atoms with Gasteiger partial charge in [0, 0.05) is 19.5 Å². The first-order valence-electron chi connectivity index (χ1n) is 7.28. The van der Waals surface area contributed by atoms with Gasteiger partial charge >= 0.3 is 12.0 Å². The van der Waals surface area contributed by atoms with Gasteiger partial charge in [-0.3, -0.25) is 4.79 Å². The zero-order valence-electron chi connectivity index (χ0n) is 12.4. The topological polar surface area (TPSA) is 89.9 Å². The maximum absolute atomic E-state index is 12.0. The van der Waals surface area contributed by atoms with Crippen LogP contribution in [0.25, 0.3) is 0 Å². The average molecular weight is 286 g/mol. The van der Waals surface area contributed by atoms with E-state index in [1.54, 1.807) is 7.05 Å². The van der Waals surface area contributed by atoms with Crippen molar-refractivity contribution in [2.75, 3.05) is 13.6 Å². The molecule has 0 heterocycles. The van der Waals surface area contributed by atoms with E-state index in [0.29, 0.717) is 19.4 Å². The van der Waals surface area contributed by atoms with Crippen molar-refractivity contribution in [2.45, 2.75) is 63.5 Å². The number of carbonyl (C=O) groups is 2. The van der Waals surface area contributed by atoms with Crippen LogP contribution in [0.5, 0.6) is 0 Å². The molecule has 116 valence electrons. The van der Waals surface area contributed by atoms with Gasteiger partial charge in [0.25, 0.3) is 0 Å². The molecule has 2 amide bonds. The quantitative estimate of drug-likeness (QED) is 0.662. The molecule has 0 aromatic heterocycles. The SMILES string of the molecule is CC(CCCC(=O)O)NC(=O)N(C)CC1(O)CCCC1. The Morgan fingerprint density at radius 1 is 1.35 bits per heavy atom. The van der Waals surface area contributed by atoms with E-state index >= 15 is 0 Å². The molecule has 1 atom stereocenters. The number of aliphatic carboxylic acids is 1. The Bertz CT molecular complexity index is 340. The molecule has 0 spiro atoms. The Labute approximate surface area is 120 Å². The Hall–Kier alpha value is -1.30. The summed E-state index contributed by atoms with van der Waals surface area (Å²) in [5.41, 5.74) is -0.737. The van der Waals surface area contributed by atoms with E-state index < -0.39 is 11.6 Å². The molecule has 1 fully saturated rings. The Kier molecular flexibility index (Phi) is 6.26. The lowest BCUT2D eigenvalue weighted by molar-refractivity contribution is -0.137. The van der Waals surface area contributed by atoms with Gasteiger partial charge in [0.05, 0.1) is 12.1 Å². The largest absolute Gasteiger partial charge is 0.481 e. The zero-order valence-corrected chi connectivity index (χ0v) is 12.4. The van der Waals surface area contributed by atoms with Crippen LogP contribution in [0.15, 0.2) is 0 Å². The molecule has 0 aromatic rings. The van der Waals surface area contributed by atoms with Crippen LogP contribution in [0.2, 0.25) is 0 Å². The van der Waals surface area contributed by atoms with Crippen molar-refractivity contribution >= 4 is 12.0 Å². The predicted octanol–water partition coefficient (Wildman–Crippen LogP) is 1.58. The van der Waals surface area contributed by atoms with Crippen LogP contribution >= 0.6 is 0 Å². The molecular weight excluding hydrogens is 260 g/mol. The lowest BCUT2D eigenvalue weighted by atomic mass is 10.0. The van der Waals surface area contributed by atoms with E-state index in [9.17, 15) is 14.7 Å². The third kappa shape index (κ3) is 5.77. The van der Waals surface area contributed by atoms with E-state index in [2.05, 4.69) is 5.32 Å². The van der Waals surface area contributed by atoms with Crippen LogP contribution in [0.1, 0.15) is 51.9 Å². The number of carboxylic acid groups (broad SMARTS) is 1. The van der Waals surface area contributed by atoms with Crippen LogP contribution in [0.4, 0.5) is 4.79 Å². The second-order valence-corrected chi connectivity index (χ2v) is 5.92. The minimum atomic E-state index is -0.816. The summed E-state index contributed by atoms with van der Waals surface area (Å²) >= 11 is 0. The molecule has 1 saturated carbocycles. The number of carbonyl (C=O) groups excluding carboxylic acids is 1. The molecule has 6 heteroatoms. The average Bonchev–Trinajstić information content (AvgIpc) is 2.75. The summed E-state index contributed by atoms with van der Waals surface area (Å²) in [5, 5.41) is 21.6. The molecule has 0 bridgehead atoms. The van der Waals surface area contributed by atoms with Crippen molar-refractivity contribution in [2.24, 2.45) is 0 Å². The van der Waals surface area contributed by atoms with Crippen LogP contribution in [0, 0.1) is 0 Å². The summed E-state index contributed by atoms with van der Waals surface area (Å²) in [7, 11) is 1.68. The van der Waals surface area contributed by atoms with Gasteiger partial charge in [0.15, 0.2) is 0 Å². The van der Waals surface area contributed by atoms with Crippen LogP contribution in [-0.2, 0) is 4.79 Å². The molecule has 1 rings (SSSR count). The molecule has 1 unspecified atom stereocenters. The normalized spacial score (nSPS) is 18.6. The highest BCUT2D eigenvalue weighted by Gasteiger charge is 2.33. The highest BCUT2D eigenvalue weighted by molar-refractivity contribution is 5.74. The first kappa shape index (κ1) is 16.8. The van der Waals surface area contributed by atoms with Gasteiger partial charge in [-0.15, -0.1) is 0 Å².